The molecule has 0 aliphatic heterocycles. The van der Waals surface area contributed by atoms with Gasteiger partial charge in [0.05, 0.1) is 12.0 Å². The molecular weight excluding hydrogens is 227 g/mol. The first-order valence-corrected chi connectivity index (χ1v) is 5.68. The summed E-state index contributed by atoms with van der Waals surface area (Å²) in [6, 6.07) is 7.85. The molecule has 0 N–H and O–H groups in total. The number of benzene rings is 1. The molecule has 16 heavy (non-hydrogen) atoms. The average molecular weight is 236 g/mol. The quantitative estimate of drug-likeness (QED) is 0.601. The largest absolute Gasteiger partial charge is 0.468 e. The molecule has 0 atom stereocenters. The number of rotatable bonds is 4. The molecule has 0 amide bonds. The fourth-order valence-corrected chi connectivity index (χ4v) is 2.19. The van der Waals surface area contributed by atoms with Crippen LogP contribution in [0.4, 0.5) is 4.39 Å². The van der Waals surface area contributed by atoms with Gasteiger partial charge in [0.25, 0.3) is 0 Å². The second-order valence-corrected chi connectivity index (χ2v) is 4.19. The fourth-order valence-electron chi connectivity index (χ4n) is 1.29. The molecule has 1 heterocycles. The van der Waals surface area contributed by atoms with Crippen LogP contribution in [0.15, 0.2) is 45.9 Å². The van der Waals surface area contributed by atoms with E-state index in [0.29, 0.717) is 17.6 Å². The SMILES string of the molecule is O=Cc1cc(F)ccc1SCc1ccco1. The lowest BCUT2D eigenvalue weighted by Crippen LogP contribution is -1.87. The van der Waals surface area contributed by atoms with Gasteiger partial charge in [0.2, 0.25) is 0 Å². The molecule has 0 spiro atoms. The van der Waals surface area contributed by atoms with Gasteiger partial charge in [-0.3, -0.25) is 4.79 Å². The van der Waals surface area contributed by atoms with E-state index in [4.69, 9.17) is 4.42 Å². The summed E-state index contributed by atoms with van der Waals surface area (Å²) in [5.41, 5.74) is 0.372. The molecule has 0 aliphatic rings. The third kappa shape index (κ3) is 2.52. The molecule has 2 aromatic rings. The van der Waals surface area contributed by atoms with Crippen LogP contribution in [0.3, 0.4) is 0 Å². The fraction of sp³-hybridized carbons (Fsp3) is 0.0833. The van der Waals surface area contributed by atoms with E-state index in [1.807, 2.05) is 6.07 Å². The minimum absolute atomic E-state index is 0.372. The zero-order valence-corrected chi connectivity index (χ0v) is 9.17. The van der Waals surface area contributed by atoms with Gasteiger partial charge in [-0.05, 0) is 30.3 Å². The minimum Gasteiger partial charge on any atom is -0.468 e. The molecule has 0 aliphatic carbocycles. The minimum atomic E-state index is -0.399. The first-order valence-electron chi connectivity index (χ1n) is 4.69. The maximum atomic E-state index is 12.9. The van der Waals surface area contributed by atoms with E-state index < -0.39 is 5.82 Å². The Morgan fingerprint density at radius 2 is 2.25 bits per heavy atom. The molecule has 2 nitrogen and oxygen atoms in total. The van der Waals surface area contributed by atoms with Crippen molar-refractivity contribution in [1.29, 1.82) is 0 Å². The summed E-state index contributed by atoms with van der Waals surface area (Å²) in [4.78, 5) is 11.5. The van der Waals surface area contributed by atoms with Crippen LogP contribution in [0.25, 0.3) is 0 Å². The van der Waals surface area contributed by atoms with Gasteiger partial charge in [-0.1, -0.05) is 0 Å². The van der Waals surface area contributed by atoms with Crippen LogP contribution in [0.2, 0.25) is 0 Å². The zero-order chi connectivity index (χ0) is 11.4. The lowest BCUT2D eigenvalue weighted by molar-refractivity contribution is 0.112. The standard InChI is InChI=1S/C12H9FO2S/c13-10-3-4-12(9(6-10)7-14)16-8-11-2-1-5-15-11/h1-7H,8H2. The van der Waals surface area contributed by atoms with Crippen LogP contribution in [-0.4, -0.2) is 6.29 Å². The van der Waals surface area contributed by atoms with Crippen LogP contribution in [-0.2, 0) is 5.75 Å². The second kappa shape index (κ2) is 4.99. The van der Waals surface area contributed by atoms with Crippen molar-refractivity contribution in [2.45, 2.75) is 10.6 Å². The molecule has 0 bridgehead atoms. The van der Waals surface area contributed by atoms with Crippen molar-refractivity contribution < 1.29 is 13.6 Å². The smallest absolute Gasteiger partial charge is 0.151 e. The van der Waals surface area contributed by atoms with E-state index in [0.717, 1.165) is 10.7 Å². The summed E-state index contributed by atoms with van der Waals surface area (Å²) < 4.78 is 18.0. The van der Waals surface area contributed by atoms with E-state index >= 15 is 0 Å². The van der Waals surface area contributed by atoms with Gasteiger partial charge < -0.3 is 4.42 Å². The van der Waals surface area contributed by atoms with E-state index in [2.05, 4.69) is 0 Å². The van der Waals surface area contributed by atoms with Crippen LogP contribution < -0.4 is 0 Å². The summed E-state index contributed by atoms with van der Waals surface area (Å²) in [5, 5.41) is 0. The Balaban J connectivity index is 2.12. The number of hydrogen-bond acceptors (Lipinski definition) is 3. The van der Waals surface area contributed by atoms with Crippen molar-refractivity contribution in [3.63, 3.8) is 0 Å². The topological polar surface area (TPSA) is 30.2 Å². The van der Waals surface area contributed by atoms with E-state index in [1.165, 1.54) is 23.9 Å². The Kier molecular flexibility index (Phi) is 3.41. The predicted octanol–water partition coefficient (Wildman–Crippen LogP) is 3.52. The number of carbonyl (C=O) groups is 1. The van der Waals surface area contributed by atoms with Gasteiger partial charge in [0, 0.05) is 10.5 Å². The lowest BCUT2D eigenvalue weighted by atomic mass is 10.2. The number of hydrogen-bond donors (Lipinski definition) is 0. The highest BCUT2D eigenvalue weighted by Crippen LogP contribution is 2.26. The molecule has 0 fully saturated rings. The molecule has 1 aromatic heterocycles. The first-order chi connectivity index (χ1) is 7.79. The number of furan rings is 1. The number of halogens is 1. The van der Waals surface area contributed by atoms with Crippen molar-refractivity contribution in [3.05, 3.63) is 53.7 Å². The normalized spacial score (nSPS) is 10.3. The Morgan fingerprint density at radius 3 is 2.94 bits per heavy atom. The third-order valence-corrected chi connectivity index (χ3v) is 3.16. The molecule has 0 saturated heterocycles. The molecule has 0 unspecified atom stereocenters. The van der Waals surface area contributed by atoms with Gasteiger partial charge >= 0.3 is 0 Å². The highest BCUT2D eigenvalue weighted by molar-refractivity contribution is 7.98. The number of thioether (sulfide) groups is 1. The monoisotopic (exact) mass is 236 g/mol. The van der Waals surface area contributed by atoms with Crippen molar-refractivity contribution in [2.75, 3.05) is 0 Å². The molecule has 0 radical (unpaired) electrons. The molecular formula is C12H9FO2S. The van der Waals surface area contributed by atoms with Gasteiger partial charge in [0.1, 0.15) is 11.6 Å². The summed E-state index contributed by atoms with van der Waals surface area (Å²) in [7, 11) is 0. The Labute approximate surface area is 96.5 Å². The third-order valence-electron chi connectivity index (χ3n) is 2.05. The summed E-state index contributed by atoms with van der Waals surface area (Å²) in [6.45, 7) is 0. The maximum absolute atomic E-state index is 12.9. The molecule has 0 saturated carbocycles. The Morgan fingerprint density at radius 1 is 1.38 bits per heavy atom. The van der Waals surface area contributed by atoms with Crippen LogP contribution >= 0.6 is 11.8 Å². The van der Waals surface area contributed by atoms with Crippen LogP contribution in [0, 0.1) is 5.82 Å². The highest BCUT2D eigenvalue weighted by atomic mass is 32.2. The summed E-state index contributed by atoms with van der Waals surface area (Å²) in [5.74, 6) is 1.05. The Bertz CT molecular complexity index is 480. The van der Waals surface area contributed by atoms with E-state index in [9.17, 15) is 9.18 Å². The van der Waals surface area contributed by atoms with E-state index in [1.54, 1.807) is 18.4 Å². The zero-order valence-electron chi connectivity index (χ0n) is 8.35. The Hall–Kier alpha value is -1.55. The van der Waals surface area contributed by atoms with Crippen molar-refractivity contribution >= 4 is 18.0 Å². The molecule has 2 rings (SSSR count). The number of carbonyl (C=O) groups excluding carboxylic acids is 1. The lowest BCUT2D eigenvalue weighted by Gasteiger charge is -2.02. The summed E-state index contributed by atoms with van der Waals surface area (Å²) >= 11 is 1.45. The van der Waals surface area contributed by atoms with Crippen molar-refractivity contribution in [2.24, 2.45) is 0 Å². The molecule has 82 valence electrons. The van der Waals surface area contributed by atoms with Crippen LogP contribution in [0.1, 0.15) is 16.1 Å². The molecule has 4 heteroatoms. The van der Waals surface area contributed by atoms with Gasteiger partial charge in [-0.15, -0.1) is 11.8 Å². The highest BCUT2D eigenvalue weighted by Gasteiger charge is 2.05. The van der Waals surface area contributed by atoms with Crippen molar-refractivity contribution in [1.82, 2.24) is 0 Å². The summed E-state index contributed by atoms with van der Waals surface area (Å²) in [6.07, 6.45) is 2.26. The van der Waals surface area contributed by atoms with Gasteiger partial charge in [-0.2, -0.15) is 0 Å². The van der Waals surface area contributed by atoms with Crippen LogP contribution in [0.5, 0.6) is 0 Å². The van der Waals surface area contributed by atoms with Gasteiger partial charge in [-0.25, -0.2) is 4.39 Å². The van der Waals surface area contributed by atoms with Crippen molar-refractivity contribution in [3.8, 4) is 0 Å². The maximum Gasteiger partial charge on any atom is 0.151 e. The average Bonchev–Trinajstić information content (AvgIpc) is 2.80. The van der Waals surface area contributed by atoms with Gasteiger partial charge in [0.15, 0.2) is 6.29 Å². The number of aldehydes is 1. The van der Waals surface area contributed by atoms with E-state index in [-0.39, 0.29) is 0 Å². The second-order valence-electron chi connectivity index (χ2n) is 3.17. The first kappa shape index (κ1) is 11.0. The molecule has 1 aromatic carbocycles. The predicted molar refractivity (Wildman–Crippen MR) is 60.1 cm³/mol.